The number of nitrogens with one attached hydrogen (secondary N) is 2. The summed E-state index contributed by atoms with van der Waals surface area (Å²) in [4.78, 5) is 15.4. The van der Waals surface area contributed by atoms with Crippen molar-refractivity contribution in [1.82, 2.24) is 9.62 Å². The van der Waals surface area contributed by atoms with Gasteiger partial charge in [0.1, 0.15) is 0 Å². The van der Waals surface area contributed by atoms with Crippen LogP contribution in [0.3, 0.4) is 0 Å². The van der Waals surface area contributed by atoms with E-state index in [9.17, 15) is 13.2 Å². The molecule has 2 aliphatic rings. The van der Waals surface area contributed by atoms with Gasteiger partial charge < -0.3 is 5.32 Å². The second-order valence-electron chi connectivity index (χ2n) is 8.25. The zero-order valence-electron chi connectivity index (χ0n) is 17.5. The maximum absolute atomic E-state index is 12.9. The lowest BCUT2D eigenvalue weighted by Gasteiger charge is -2.35. The molecule has 160 valence electrons. The van der Waals surface area contributed by atoms with Crippen molar-refractivity contribution in [3.8, 4) is 0 Å². The van der Waals surface area contributed by atoms with E-state index >= 15 is 0 Å². The average Bonchev–Trinajstić information content (AvgIpc) is 3.58. The normalized spacial score (nSPS) is 18.8. The summed E-state index contributed by atoms with van der Waals surface area (Å²) in [6.45, 7) is 2.05. The Morgan fingerprint density at radius 2 is 1.90 bits per heavy atom. The van der Waals surface area contributed by atoms with Gasteiger partial charge in [0, 0.05) is 17.8 Å². The van der Waals surface area contributed by atoms with Crippen molar-refractivity contribution in [3.05, 3.63) is 59.2 Å². The summed E-state index contributed by atoms with van der Waals surface area (Å²) < 4.78 is 26.8. The zero-order valence-corrected chi connectivity index (χ0v) is 18.3. The van der Waals surface area contributed by atoms with Crippen molar-refractivity contribution in [3.63, 3.8) is 0 Å². The third-order valence-corrected chi connectivity index (χ3v) is 7.67. The quantitative estimate of drug-likeness (QED) is 0.710. The molecule has 0 aliphatic heterocycles. The Balaban J connectivity index is 1.51. The molecule has 4 rings (SSSR count). The number of hydrogen-bond donors (Lipinski definition) is 2. The van der Waals surface area contributed by atoms with E-state index < -0.39 is 10.0 Å². The SMILES string of the molecule is CNS(=O)(=O)c1cc(NC(=O)CN(C2CC2)C2CCCc3ccccc32)ccc1C. The number of amides is 1. The van der Waals surface area contributed by atoms with Crippen molar-refractivity contribution in [1.29, 1.82) is 0 Å². The Labute approximate surface area is 178 Å². The first-order valence-corrected chi connectivity index (χ1v) is 12.0. The highest BCUT2D eigenvalue weighted by Gasteiger charge is 2.37. The fraction of sp³-hybridized carbons (Fsp3) is 0.435. The number of carbonyl (C=O) groups excluding carboxylic acids is 1. The van der Waals surface area contributed by atoms with Gasteiger partial charge in [-0.2, -0.15) is 0 Å². The van der Waals surface area contributed by atoms with Crippen LogP contribution in [0.25, 0.3) is 0 Å². The minimum absolute atomic E-state index is 0.110. The van der Waals surface area contributed by atoms with Crippen molar-refractivity contribution in [2.45, 2.75) is 56.0 Å². The minimum Gasteiger partial charge on any atom is -0.325 e. The van der Waals surface area contributed by atoms with Crippen molar-refractivity contribution >= 4 is 21.6 Å². The average molecular weight is 428 g/mol. The molecule has 0 heterocycles. The first kappa shape index (κ1) is 21.0. The molecule has 7 heteroatoms. The standard InChI is InChI=1S/C23H29N3O3S/c1-16-10-11-18(14-22(16)30(28,29)24-2)25-23(27)15-26(19-12-13-19)21-9-5-7-17-6-3-4-8-20(17)21/h3-4,6,8,10-11,14,19,21,24H,5,7,9,12-13,15H2,1-2H3,(H,25,27). The molecular formula is C23H29N3O3S. The molecule has 1 saturated carbocycles. The third kappa shape index (κ3) is 4.43. The topological polar surface area (TPSA) is 78.5 Å². The highest BCUT2D eigenvalue weighted by Crippen LogP contribution is 2.40. The summed E-state index contributed by atoms with van der Waals surface area (Å²) in [6, 6.07) is 14.3. The Hall–Kier alpha value is -2.22. The molecule has 2 N–H and O–H groups in total. The van der Waals surface area contributed by atoms with E-state index in [1.165, 1.54) is 24.2 Å². The molecule has 0 spiro atoms. The van der Waals surface area contributed by atoms with Gasteiger partial charge in [0.15, 0.2) is 0 Å². The van der Waals surface area contributed by atoms with Crippen molar-refractivity contribution in [2.75, 3.05) is 18.9 Å². The highest BCUT2D eigenvalue weighted by atomic mass is 32.2. The summed E-state index contributed by atoms with van der Waals surface area (Å²) >= 11 is 0. The van der Waals surface area contributed by atoms with Crippen LogP contribution in [0.4, 0.5) is 5.69 Å². The number of benzene rings is 2. The minimum atomic E-state index is -3.58. The molecule has 2 aliphatic carbocycles. The number of hydrogen-bond acceptors (Lipinski definition) is 4. The van der Waals surface area contributed by atoms with E-state index in [1.807, 2.05) is 0 Å². The number of aryl methyl sites for hydroxylation is 2. The van der Waals surface area contributed by atoms with Gasteiger partial charge in [0.2, 0.25) is 15.9 Å². The smallest absolute Gasteiger partial charge is 0.240 e. The molecular weight excluding hydrogens is 398 g/mol. The number of carbonyl (C=O) groups is 1. The molecule has 1 atom stereocenters. The molecule has 2 aromatic rings. The van der Waals surface area contributed by atoms with E-state index in [2.05, 4.69) is 39.2 Å². The molecule has 2 aromatic carbocycles. The Kier molecular flexibility index (Phi) is 5.95. The summed E-state index contributed by atoms with van der Waals surface area (Å²) in [6.07, 6.45) is 5.55. The molecule has 1 fully saturated rings. The molecule has 1 amide bonds. The molecule has 0 radical (unpaired) electrons. The number of fused-ring (bicyclic) bond motifs is 1. The summed E-state index contributed by atoms with van der Waals surface area (Å²) in [5.41, 5.74) is 3.88. The van der Waals surface area contributed by atoms with E-state index in [0.717, 1.165) is 32.1 Å². The second kappa shape index (κ2) is 8.49. The van der Waals surface area contributed by atoms with E-state index in [0.29, 0.717) is 23.8 Å². The second-order valence-corrected chi connectivity index (χ2v) is 10.1. The predicted octanol–water partition coefficient (Wildman–Crippen LogP) is 3.38. The van der Waals surface area contributed by atoms with Crippen LogP contribution >= 0.6 is 0 Å². The van der Waals surface area contributed by atoms with Crippen LogP contribution in [-0.2, 0) is 21.2 Å². The van der Waals surface area contributed by atoms with Gasteiger partial charge in [-0.3, -0.25) is 9.69 Å². The van der Waals surface area contributed by atoms with Crippen molar-refractivity contribution in [2.24, 2.45) is 0 Å². The van der Waals surface area contributed by atoms with Crippen molar-refractivity contribution < 1.29 is 13.2 Å². The molecule has 0 aromatic heterocycles. The number of rotatable bonds is 7. The fourth-order valence-corrected chi connectivity index (χ4v) is 5.41. The van der Waals surface area contributed by atoms with Gasteiger partial charge >= 0.3 is 0 Å². The third-order valence-electron chi connectivity index (χ3n) is 6.11. The van der Waals surface area contributed by atoms with Crippen LogP contribution in [0.1, 0.15) is 48.4 Å². The number of sulfonamides is 1. The maximum Gasteiger partial charge on any atom is 0.240 e. The van der Waals surface area contributed by atoms with Crippen LogP contribution in [-0.4, -0.2) is 38.9 Å². The van der Waals surface area contributed by atoms with Gasteiger partial charge in [0.25, 0.3) is 0 Å². The van der Waals surface area contributed by atoms with Crippen LogP contribution in [0.15, 0.2) is 47.4 Å². The van der Waals surface area contributed by atoms with Crippen LogP contribution in [0.5, 0.6) is 0 Å². The molecule has 0 bridgehead atoms. The van der Waals surface area contributed by atoms with Gasteiger partial charge in [-0.25, -0.2) is 13.1 Å². The predicted molar refractivity (Wildman–Crippen MR) is 118 cm³/mol. The van der Waals surface area contributed by atoms with Gasteiger partial charge in [-0.15, -0.1) is 0 Å². The summed E-state index contributed by atoms with van der Waals surface area (Å²) in [7, 11) is -2.19. The maximum atomic E-state index is 12.9. The zero-order chi connectivity index (χ0) is 21.3. The first-order chi connectivity index (χ1) is 14.4. The number of nitrogens with zero attached hydrogens (tertiary/aromatic N) is 1. The molecule has 1 unspecified atom stereocenters. The Morgan fingerprint density at radius 1 is 1.13 bits per heavy atom. The lowest BCUT2D eigenvalue weighted by Crippen LogP contribution is -2.39. The number of anilines is 1. The van der Waals surface area contributed by atoms with E-state index in [4.69, 9.17) is 0 Å². The largest absolute Gasteiger partial charge is 0.325 e. The van der Waals surface area contributed by atoms with Gasteiger partial charge in [-0.1, -0.05) is 30.3 Å². The lowest BCUT2D eigenvalue weighted by molar-refractivity contribution is -0.118. The van der Waals surface area contributed by atoms with Crippen LogP contribution in [0, 0.1) is 6.92 Å². The van der Waals surface area contributed by atoms with Crippen LogP contribution < -0.4 is 10.0 Å². The molecule has 30 heavy (non-hydrogen) atoms. The highest BCUT2D eigenvalue weighted by molar-refractivity contribution is 7.89. The monoisotopic (exact) mass is 427 g/mol. The van der Waals surface area contributed by atoms with E-state index in [1.54, 1.807) is 19.1 Å². The van der Waals surface area contributed by atoms with Gasteiger partial charge in [-0.05, 0) is 74.9 Å². The lowest BCUT2D eigenvalue weighted by atomic mass is 9.86. The molecule has 0 saturated heterocycles. The van der Waals surface area contributed by atoms with E-state index in [-0.39, 0.29) is 16.8 Å². The molecule has 6 nitrogen and oxygen atoms in total. The summed E-state index contributed by atoms with van der Waals surface area (Å²) in [5.74, 6) is -0.110. The first-order valence-electron chi connectivity index (χ1n) is 10.6. The summed E-state index contributed by atoms with van der Waals surface area (Å²) in [5, 5.41) is 2.91. The Morgan fingerprint density at radius 3 is 2.63 bits per heavy atom. The van der Waals surface area contributed by atoms with Crippen LogP contribution in [0.2, 0.25) is 0 Å². The Bertz CT molecular complexity index is 1050. The fourth-order valence-electron chi connectivity index (χ4n) is 4.42. The van der Waals surface area contributed by atoms with Gasteiger partial charge in [0.05, 0.1) is 11.4 Å².